The summed E-state index contributed by atoms with van der Waals surface area (Å²) in [6.45, 7) is 1.04. The molecule has 1 aliphatic heterocycles. The standard InChI is InChI=1S/C19H23ClN4O4/c20-16-12-17(25)24(18(26)22-16)14-6-9-23(10-7-14)19(27)28-11-8-15(21)13-4-2-1-3-5-13/h1-5,12,14-15H,6-11,21H2,(H,22,26). The van der Waals surface area contributed by atoms with Gasteiger partial charge in [0.25, 0.3) is 5.56 Å². The highest BCUT2D eigenvalue weighted by Gasteiger charge is 2.26. The Labute approximate surface area is 166 Å². The monoisotopic (exact) mass is 406 g/mol. The number of halogens is 1. The normalized spacial score (nSPS) is 16.0. The molecular formula is C19H23ClN4O4. The van der Waals surface area contributed by atoms with Crippen LogP contribution in [0.15, 0.2) is 46.0 Å². The Morgan fingerprint density at radius 1 is 1.25 bits per heavy atom. The van der Waals surface area contributed by atoms with Crippen LogP contribution in [0.2, 0.25) is 5.15 Å². The van der Waals surface area contributed by atoms with E-state index < -0.39 is 17.3 Å². The average molecular weight is 407 g/mol. The van der Waals surface area contributed by atoms with E-state index in [4.69, 9.17) is 22.1 Å². The quantitative estimate of drug-likeness (QED) is 0.738. The minimum absolute atomic E-state index is 0.0148. The van der Waals surface area contributed by atoms with Crippen LogP contribution in [0.25, 0.3) is 0 Å². The fraction of sp³-hybridized carbons (Fsp3) is 0.421. The maximum atomic E-state index is 12.2. The first-order chi connectivity index (χ1) is 13.5. The molecule has 2 heterocycles. The maximum absolute atomic E-state index is 12.2. The Hall–Kier alpha value is -2.58. The van der Waals surface area contributed by atoms with Gasteiger partial charge in [0.1, 0.15) is 5.15 Å². The second-order valence-corrected chi connectivity index (χ2v) is 7.18. The molecule has 0 aliphatic carbocycles. The molecule has 2 aromatic rings. The van der Waals surface area contributed by atoms with Crippen molar-refractivity contribution in [3.63, 3.8) is 0 Å². The highest BCUT2D eigenvalue weighted by molar-refractivity contribution is 6.29. The molecule has 3 rings (SSSR count). The number of piperidine rings is 1. The number of benzene rings is 1. The minimum Gasteiger partial charge on any atom is -0.449 e. The smallest absolute Gasteiger partial charge is 0.409 e. The summed E-state index contributed by atoms with van der Waals surface area (Å²) >= 11 is 5.69. The Kier molecular flexibility index (Phi) is 6.53. The number of likely N-dealkylation sites (tertiary alicyclic amines) is 1. The summed E-state index contributed by atoms with van der Waals surface area (Å²) in [4.78, 5) is 40.3. The molecule has 0 radical (unpaired) electrons. The molecular weight excluding hydrogens is 384 g/mol. The lowest BCUT2D eigenvalue weighted by atomic mass is 10.1. The number of H-pyrrole nitrogens is 1. The van der Waals surface area contributed by atoms with E-state index in [0.717, 1.165) is 10.1 Å². The molecule has 0 spiro atoms. The van der Waals surface area contributed by atoms with Crippen molar-refractivity contribution in [2.24, 2.45) is 5.73 Å². The lowest BCUT2D eigenvalue weighted by Crippen LogP contribution is -2.45. The molecule has 1 amide bonds. The van der Waals surface area contributed by atoms with Crippen LogP contribution >= 0.6 is 11.6 Å². The zero-order valence-corrected chi connectivity index (χ0v) is 16.1. The van der Waals surface area contributed by atoms with Crippen molar-refractivity contribution in [3.05, 3.63) is 68.0 Å². The van der Waals surface area contributed by atoms with Crippen LogP contribution in [0.3, 0.4) is 0 Å². The van der Waals surface area contributed by atoms with E-state index in [0.29, 0.717) is 32.4 Å². The molecule has 28 heavy (non-hydrogen) atoms. The van der Waals surface area contributed by atoms with Gasteiger partial charge in [0.05, 0.1) is 6.61 Å². The van der Waals surface area contributed by atoms with E-state index in [1.807, 2.05) is 30.3 Å². The lowest BCUT2D eigenvalue weighted by molar-refractivity contribution is 0.0856. The molecule has 1 unspecified atom stereocenters. The van der Waals surface area contributed by atoms with Crippen molar-refractivity contribution in [1.29, 1.82) is 0 Å². The average Bonchev–Trinajstić information content (AvgIpc) is 2.68. The third kappa shape index (κ3) is 4.82. The number of carbonyl (C=O) groups excluding carboxylic acids is 1. The van der Waals surface area contributed by atoms with E-state index in [9.17, 15) is 14.4 Å². The number of amides is 1. The van der Waals surface area contributed by atoms with Crippen LogP contribution in [0.5, 0.6) is 0 Å². The number of nitrogens with zero attached hydrogens (tertiary/aromatic N) is 2. The summed E-state index contributed by atoms with van der Waals surface area (Å²) in [5.41, 5.74) is 6.13. The predicted molar refractivity (Wildman–Crippen MR) is 106 cm³/mol. The van der Waals surface area contributed by atoms with Crippen molar-refractivity contribution in [2.45, 2.75) is 31.3 Å². The SMILES string of the molecule is NC(CCOC(=O)N1CCC(n2c(=O)cc(Cl)[nH]c2=O)CC1)c1ccccc1. The van der Waals surface area contributed by atoms with E-state index in [2.05, 4.69) is 4.98 Å². The molecule has 0 saturated carbocycles. The highest BCUT2D eigenvalue weighted by atomic mass is 35.5. The van der Waals surface area contributed by atoms with Crippen LogP contribution in [0.4, 0.5) is 4.79 Å². The second-order valence-electron chi connectivity index (χ2n) is 6.77. The fourth-order valence-corrected chi connectivity index (χ4v) is 3.53. The number of ether oxygens (including phenoxy) is 1. The van der Waals surface area contributed by atoms with Gasteiger partial charge in [-0.15, -0.1) is 0 Å². The van der Waals surface area contributed by atoms with Gasteiger partial charge in [0.2, 0.25) is 0 Å². The Morgan fingerprint density at radius 2 is 1.93 bits per heavy atom. The van der Waals surface area contributed by atoms with E-state index >= 15 is 0 Å². The number of nitrogens with two attached hydrogens (primary N) is 1. The molecule has 1 aromatic heterocycles. The maximum Gasteiger partial charge on any atom is 0.409 e. The number of nitrogens with one attached hydrogen (secondary N) is 1. The topological polar surface area (TPSA) is 110 Å². The largest absolute Gasteiger partial charge is 0.449 e. The molecule has 1 aliphatic rings. The summed E-state index contributed by atoms with van der Waals surface area (Å²) in [6, 6.07) is 10.4. The second kappa shape index (κ2) is 9.07. The zero-order chi connectivity index (χ0) is 20.1. The Balaban J connectivity index is 1.48. The fourth-order valence-electron chi connectivity index (χ4n) is 3.36. The van der Waals surface area contributed by atoms with Gasteiger partial charge in [0, 0.05) is 37.7 Å². The first kappa shape index (κ1) is 20.2. The molecule has 1 atom stereocenters. The van der Waals surface area contributed by atoms with Crippen molar-refractivity contribution in [2.75, 3.05) is 19.7 Å². The Morgan fingerprint density at radius 3 is 2.57 bits per heavy atom. The summed E-state index contributed by atoms with van der Waals surface area (Å²) in [5.74, 6) is 0. The molecule has 3 N–H and O–H groups in total. The number of hydrogen-bond donors (Lipinski definition) is 2. The number of hydrogen-bond acceptors (Lipinski definition) is 5. The van der Waals surface area contributed by atoms with Gasteiger partial charge >= 0.3 is 11.8 Å². The number of carbonyl (C=O) groups is 1. The summed E-state index contributed by atoms with van der Waals surface area (Å²) in [5, 5.41) is 0.0148. The van der Waals surface area contributed by atoms with Crippen molar-refractivity contribution in [1.82, 2.24) is 14.5 Å². The van der Waals surface area contributed by atoms with Gasteiger partial charge in [-0.3, -0.25) is 14.3 Å². The van der Waals surface area contributed by atoms with E-state index in [1.165, 1.54) is 6.07 Å². The molecule has 1 aromatic carbocycles. The number of aromatic nitrogens is 2. The van der Waals surface area contributed by atoms with Crippen molar-refractivity contribution >= 4 is 17.7 Å². The van der Waals surface area contributed by atoms with Crippen LogP contribution in [0.1, 0.15) is 36.9 Å². The molecule has 0 bridgehead atoms. The van der Waals surface area contributed by atoms with Crippen LogP contribution in [-0.2, 0) is 4.74 Å². The third-order valence-electron chi connectivity index (χ3n) is 4.90. The van der Waals surface area contributed by atoms with Gasteiger partial charge in [-0.1, -0.05) is 41.9 Å². The van der Waals surface area contributed by atoms with E-state index in [1.54, 1.807) is 4.90 Å². The molecule has 8 nitrogen and oxygen atoms in total. The van der Waals surface area contributed by atoms with Crippen LogP contribution in [0, 0.1) is 0 Å². The first-order valence-electron chi connectivity index (χ1n) is 9.19. The molecule has 9 heteroatoms. The number of aromatic amines is 1. The highest BCUT2D eigenvalue weighted by Crippen LogP contribution is 2.21. The van der Waals surface area contributed by atoms with E-state index in [-0.39, 0.29) is 23.8 Å². The summed E-state index contributed by atoms with van der Waals surface area (Å²) < 4.78 is 6.49. The summed E-state index contributed by atoms with van der Waals surface area (Å²) in [7, 11) is 0. The van der Waals surface area contributed by atoms with Gasteiger partial charge in [-0.05, 0) is 18.4 Å². The van der Waals surface area contributed by atoms with Crippen LogP contribution in [-0.4, -0.2) is 40.2 Å². The van der Waals surface area contributed by atoms with Crippen molar-refractivity contribution < 1.29 is 9.53 Å². The van der Waals surface area contributed by atoms with Gasteiger partial charge in [0.15, 0.2) is 0 Å². The van der Waals surface area contributed by atoms with Gasteiger partial charge < -0.3 is 15.4 Å². The zero-order valence-electron chi connectivity index (χ0n) is 15.3. The number of rotatable bonds is 5. The Bertz CT molecular complexity index is 888. The molecule has 1 saturated heterocycles. The third-order valence-corrected chi connectivity index (χ3v) is 5.11. The first-order valence-corrected chi connectivity index (χ1v) is 9.57. The molecule has 1 fully saturated rings. The predicted octanol–water partition coefficient (Wildman–Crippen LogP) is 2.05. The van der Waals surface area contributed by atoms with Gasteiger partial charge in [-0.2, -0.15) is 0 Å². The lowest BCUT2D eigenvalue weighted by Gasteiger charge is -2.31. The van der Waals surface area contributed by atoms with Crippen molar-refractivity contribution in [3.8, 4) is 0 Å². The summed E-state index contributed by atoms with van der Waals surface area (Å²) in [6.07, 6.45) is 1.10. The van der Waals surface area contributed by atoms with Gasteiger partial charge in [-0.25, -0.2) is 9.59 Å². The molecule has 150 valence electrons. The minimum atomic E-state index is -0.534. The van der Waals surface area contributed by atoms with Crippen LogP contribution < -0.4 is 17.0 Å².